The van der Waals surface area contributed by atoms with Gasteiger partial charge in [-0.15, -0.1) is 0 Å². The molecule has 0 aliphatic heterocycles. The van der Waals surface area contributed by atoms with Crippen LogP contribution in [0.3, 0.4) is 0 Å². The standard InChI is InChI=1S/C20H21ClN2O4/c1-13-4-7-16(21)12-18(13)23(14(2)24)11-10-19(25)22-17-8-5-15(6-9-17)20(26)27-3/h4-9,12H,10-11H2,1-3H3,(H,22,25). The normalized spacial score (nSPS) is 10.2. The van der Waals surface area contributed by atoms with Gasteiger partial charge in [0.2, 0.25) is 11.8 Å². The number of halogens is 1. The molecule has 0 unspecified atom stereocenters. The highest BCUT2D eigenvalue weighted by Crippen LogP contribution is 2.24. The molecule has 2 rings (SSSR count). The summed E-state index contributed by atoms with van der Waals surface area (Å²) in [6, 6.07) is 11.7. The van der Waals surface area contributed by atoms with Gasteiger partial charge in [0.05, 0.1) is 12.7 Å². The summed E-state index contributed by atoms with van der Waals surface area (Å²) >= 11 is 6.03. The summed E-state index contributed by atoms with van der Waals surface area (Å²) in [6.45, 7) is 3.55. The number of carbonyl (C=O) groups excluding carboxylic acids is 3. The third kappa shape index (κ3) is 5.56. The van der Waals surface area contributed by atoms with Crippen LogP contribution in [0.5, 0.6) is 0 Å². The Morgan fingerprint density at radius 3 is 2.37 bits per heavy atom. The molecule has 1 N–H and O–H groups in total. The number of benzene rings is 2. The summed E-state index contributed by atoms with van der Waals surface area (Å²) in [7, 11) is 1.31. The lowest BCUT2D eigenvalue weighted by Crippen LogP contribution is -2.32. The third-order valence-corrected chi connectivity index (χ3v) is 4.23. The molecular weight excluding hydrogens is 368 g/mol. The molecule has 0 fully saturated rings. The molecule has 27 heavy (non-hydrogen) atoms. The fraction of sp³-hybridized carbons (Fsp3) is 0.250. The molecule has 2 amide bonds. The number of hydrogen-bond acceptors (Lipinski definition) is 4. The topological polar surface area (TPSA) is 75.7 Å². The summed E-state index contributed by atoms with van der Waals surface area (Å²) in [6.07, 6.45) is 0.115. The summed E-state index contributed by atoms with van der Waals surface area (Å²) in [5.74, 6) is -0.857. The molecule has 0 spiro atoms. The molecule has 0 bridgehead atoms. The summed E-state index contributed by atoms with van der Waals surface area (Å²) in [5, 5.41) is 3.27. The maximum Gasteiger partial charge on any atom is 0.337 e. The van der Waals surface area contributed by atoms with E-state index in [9.17, 15) is 14.4 Å². The highest BCUT2D eigenvalue weighted by molar-refractivity contribution is 6.31. The van der Waals surface area contributed by atoms with Gasteiger partial charge in [-0.3, -0.25) is 9.59 Å². The zero-order chi connectivity index (χ0) is 20.0. The maximum atomic E-state index is 12.2. The number of esters is 1. The van der Waals surface area contributed by atoms with Gasteiger partial charge < -0.3 is 15.0 Å². The van der Waals surface area contributed by atoms with Crippen LogP contribution in [0.4, 0.5) is 11.4 Å². The van der Waals surface area contributed by atoms with Crippen molar-refractivity contribution >= 4 is 40.8 Å². The van der Waals surface area contributed by atoms with Gasteiger partial charge in [-0.05, 0) is 48.9 Å². The predicted molar refractivity (Wildman–Crippen MR) is 105 cm³/mol. The third-order valence-electron chi connectivity index (χ3n) is 3.99. The van der Waals surface area contributed by atoms with Crippen LogP contribution in [0, 0.1) is 6.92 Å². The van der Waals surface area contributed by atoms with Gasteiger partial charge in [0.25, 0.3) is 0 Å². The van der Waals surface area contributed by atoms with E-state index >= 15 is 0 Å². The predicted octanol–water partition coefficient (Wildman–Crippen LogP) is 3.82. The number of amides is 2. The molecule has 0 saturated heterocycles. The van der Waals surface area contributed by atoms with E-state index in [1.165, 1.54) is 18.9 Å². The number of methoxy groups -OCH3 is 1. The Morgan fingerprint density at radius 1 is 1.11 bits per heavy atom. The fourth-order valence-electron chi connectivity index (χ4n) is 2.57. The molecule has 0 aliphatic carbocycles. The first-order chi connectivity index (χ1) is 12.8. The van der Waals surface area contributed by atoms with Gasteiger partial charge in [-0.25, -0.2) is 4.79 Å². The first kappa shape index (κ1) is 20.5. The van der Waals surface area contributed by atoms with Crippen molar-refractivity contribution in [3.8, 4) is 0 Å². The van der Waals surface area contributed by atoms with E-state index in [0.29, 0.717) is 22.0 Å². The van der Waals surface area contributed by atoms with Gasteiger partial charge in [0, 0.05) is 36.3 Å². The molecule has 7 heteroatoms. The number of carbonyl (C=O) groups is 3. The highest BCUT2D eigenvalue weighted by Gasteiger charge is 2.16. The Hall–Kier alpha value is -2.86. The van der Waals surface area contributed by atoms with Gasteiger partial charge in [0.15, 0.2) is 0 Å². The maximum absolute atomic E-state index is 12.2. The van der Waals surface area contributed by atoms with Crippen LogP contribution < -0.4 is 10.2 Å². The van der Waals surface area contributed by atoms with E-state index in [1.807, 2.05) is 13.0 Å². The number of nitrogens with one attached hydrogen (secondary N) is 1. The van der Waals surface area contributed by atoms with E-state index in [-0.39, 0.29) is 24.8 Å². The van der Waals surface area contributed by atoms with Crippen LogP contribution in [0.1, 0.15) is 29.3 Å². The minimum absolute atomic E-state index is 0.115. The molecule has 0 saturated carbocycles. The molecule has 2 aromatic carbocycles. The van der Waals surface area contributed by atoms with E-state index in [0.717, 1.165) is 5.56 Å². The van der Waals surface area contributed by atoms with E-state index in [4.69, 9.17) is 11.6 Å². The lowest BCUT2D eigenvalue weighted by Gasteiger charge is -2.23. The van der Waals surface area contributed by atoms with Crippen LogP contribution in [0.25, 0.3) is 0 Å². The molecule has 6 nitrogen and oxygen atoms in total. The lowest BCUT2D eigenvalue weighted by molar-refractivity contribution is -0.117. The Labute approximate surface area is 163 Å². The average Bonchev–Trinajstić information content (AvgIpc) is 2.64. The SMILES string of the molecule is COC(=O)c1ccc(NC(=O)CCN(C(C)=O)c2cc(Cl)ccc2C)cc1. The van der Waals surface area contributed by atoms with Gasteiger partial charge in [-0.2, -0.15) is 0 Å². The van der Waals surface area contributed by atoms with Crippen LogP contribution in [0.2, 0.25) is 5.02 Å². The molecule has 2 aromatic rings. The second kappa shape index (κ2) is 9.19. The Morgan fingerprint density at radius 2 is 1.78 bits per heavy atom. The zero-order valence-corrected chi connectivity index (χ0v) is 16.2. The van der Waals surface area contributed by atoms with Crippen LogP contribution in [-0.4, -0.2) is 31.4 Å². The number of hydrogen-bond donors (Lipinski definition) is 1. The van der Waals surface area contributed by atoms with E-state index in [1.54, 1.807) is 36.4 Å². The second-order valence-corrected chi connectivity index (χ2v) is 6.41. The quantitative estimate of drug-likeness (QED) is 0.763. The number of ether oxygens (including phenoxy) is 1. The molecular formula is C20H21ClN2O4. The molecule has 142 valence electrons. The highest BCUT2D eigenvalue weighted by atomic mass is 35.5. The van der Waals surface area contributed by atoms with Crippen molar-refractivity contribution in [2.24, 2.45) is 0 Å². The molecule has 0 atom stereocenters. The number of rotatable bonds is 6. The Balaban J connectivity index is 2.01. The monoisotopic (exact) mass is 388 g/mol. The summed E-state index contributed by atoms with van der Waals surface area (Å²) in [5.41, 5.74) is 2.54. The minimum Gasteiger partial charge on any atom is -0.465 e. The number of aryl methyl sites for hydroxylation is 1. The smallest absolute Gasteiger partial charge is 0.337 e. The first-order valence-electron chi connectivity index (χ1n) is 8.34. The van der Waals surface area contributed by atoms with E-state index in [2.05, 4.69) is 10.1 Å². The summed E-state index contributed by atoms with van der Waals surface area (Å²) in [4.78, 5) is 37.2. The van der Waals surface area contributed by atoms with Crippen molar-refractivity contribution in [3.63, 3.8) is 0 Å². The number of nitrogens with zero attached hydrogens (tertiary/aromatic N) is 1. The Bertz CT molecular complexity index is 850. The zero-order valence-electron chi connectivity index (χ0n) is 15.4. The van der Waals surface area contributed by atoms with Crippen molar-refractivity contribution < 1.29 is 19.1 Å². The van der Waals surface area contributed by atoms with Crippen LogP contribution in [0.15, 0.2) is 42.5 Å². The van der Waals surface area contributed by atoms with Crippen LogP contribution in [-0.2, 0) is 14.3 Å². The minimum atomic E-state index is -0.443. The molecule has 0 aromatic heterocycles. The largest absolute Gasteiger partial charge is 0.465 e. The Kier molecular flexibility index (Phi) is 6.96. The van der Waals surface area contributed by atoms with Gasteiger partial charge in [0.1, 0.15) is 0 Å². The summed E-state index contributed by atoms with van der Waals surface area (Å²) < 4.78 is 4.63. The lowest BCUT2D eigenvalue weighted by atomic mass is 10.1. The van der Waals surface area contributed by atoms with Gasteiger partial charge >= 0.3 is 5.97 Å². The molecule has 0 radical (unpaired) electrons. The van der Waals surface area contributed by atoms with E-state index < -0.39 is 5.97 Å². The average molecular weight is 389 g/mol. The molecule has 0 aliphatic rings. The van der Waals surface area contributed by atoms with Gasteiger partial charge in [-0.1, -0.05) is 17.7 Å². The van der Waals surface area contributed by atoms with Crippen molar-refractivity contribution in [1.82, 2.24) is 0 Å². The van der Waals surface area contributed by atoms with Crippen LogP contribution >= 0.6 is 11.6 Å². The molecule has 0 heterocycles. The second-order valence-electron chi connectivity index (χ2n) is 5.97. The fourth-order valence-corrected chi connectivity index (χ4v) is 2.73. The van der Waals surface area contributed by atoms with Crippen molar-refractivity contribution in [3.05, 3.63) is 58.6 Å². The number of anilines is 2. The van der Waals surface area contributed by atoms with Crippen molar-refractivity contribution in [2.45, 2.75) is 20.3 Å². The first-order valence-corrected chi connectivity index (χ1v) is 8.72. The van der Waals surface area contributed by atoms with Crippen molar-refractivity contribution in [2.75, 3.05) is 23.9 Å². The van der Waals surface area contributed by atoms with Crippen molar-refractivity contribution in [1.29, 1.82) is 0 Å².